The van der Waals surface area contributed by atoms with Crippen molar-refractivity contribution in [3.63, 3.8) is 0 Å². The van der Waals surface area contributed by atoms with Crippen LogP contribution in [-0.4, -0.2) is 35.8 Å². The van der Waals surface area contributed by atoms with Crippen LogP contribution in [0.4, 0.5) is 0 Å². The molecule has 21 heavy (non-hydrogen) atoms. The Morgan fingerprint density at radius 1 is 1.38 bits per heavy atom. The Morgan fingerprint density at radius 2 is 2.05 bits per heavy atom. The number of nitrogens with zero attached hydrogens (tertiary/aromatic N) is 1. The fourth-order valence-electron chi connectivity index (χ4n) is 3.12. The molecular formula is C16H23N3O2. The number of amides is 2. The van der Waals surface area contributed by atoms with E-state index in [2.05, 4.69) is 29.3 Å². The van der Waals surface area contributed by atoms with E-state index in [0.29, 0.717) is 6.54 Å². The van der Waals surface area contributed by atoms with E-state index < -0.39 is 0 Å². The Kier molecular flexibility index (Phi) is 4.96. The quantitative estimate of drug-likeness (QED) is 0.851. The molecule has 0 aromatic heterocycles. The predicted molar refractivity (Wildman–Crippen MR) is 81.3 cm³/mol. The van der Waals surface area contributed by atoms with Crippen molar-refractivity contribution in [1.29, 1.82) is 0 Å². The second-order valence-electron chi connectivity index (χ2n) is 5.66. The van der Waals surface area contributed by atoms with Crippen LogP contribution in [0.15, 0.2) is 30.3 Å². The van der Waals surface area contributed by atoms with Crippen molar-refractivity contribution in [2.75, 3.05) is 13.1 Å². The van der Waals surface area contributed by atoms with Crippen LogP contribution >= 0.6 is 0 Å². The molecule has 1 aliphatic rings. The van der Waals surface area contributed by atoms with Gasteiger partial charge in [-0.15, -0.1) is 0 Å². The summed E-state index contributed by atoms with van der Waals surface area (Å²) in [6.45, 7) is 4.89. The van der Waals surface area contributed by atoms with Crippen LogP contribution in [0.5, 0.6) is 0 Å². The van der Waals surface area contributed by atoms with Crippen LogP contribution in [-0.2, 0) is 9.59 Å². The van der Waals surface area contributed by atoms with E-state index in [-0.39, 0.29) is 29.8 Å². The molecule has 1 aromatic rings. The smallest absolute Gasteiger partial charge is 0.235 e. The number of nitrogens with one attached hydrogen (secondary N) is 1. The zero-order chi connectivity index (χ0) is 15.4. The topological polar surface area (TPSA) is 75.4 Å². The number of benzene rings is 1. The van der Waals surface area contributed by atoms with Crippen LogP contribution < -0.4 is 11.1 Å². The first-order valence-corrected chi connectivity index (χ1v) is 7.35. The normalized spacial score (nSPS) is 23.7. The van der Waals surface area contributed by atoms with E-state index in [1.165, 1.54) is 12.5 Å². The molecule has 114 valence electrons. The van der Waals surface area contributed by atoms with Crippen LogP contribution in [0.3, 0.4) is 0 Å². The van der Waals surface area contributed by atoms with Crippen LogP contribution in [0, 0.1) is 5.92 Å². The molecule has 3 atom stereocenters. The van der Waals surface area contributed by atoms with E-state index in [1.54, 1.807) is 0 Å². The third-order valence-electron chi connectivity index (χ3n) is 4.25. The predicted octanol–water partition coefficient (Wildman–Crippen LogP) is 1.06. The molecule has 1 fully saturated rings. The van der Waals surface area contributed by atoms with E-state index in [1.807, 2.05) is 18.2 Å². The number of likely N-dealkylation sites (tertiary alicyclic amines) is 1. The summed E-state index contributed by atoms with van der Waals surface area (Å²) in [5, 5.41) is 2.80. The summed E-state index contributed by atoms with van der Waals surface area (Å²) < 4.78 is 0. The SMILES string of the molecule is CC(=O)NCC1CCN(C(C)c2ccccc2)C1C(N)=O. The van der Waals surface area contributed by atoms with Gasteiger partial charge in [0.25, 0.3) is 0 Å². The highest BCUT2D eigenvalue weighted by atomic mass is 16.2. The van der Waals surface area contributed by atoms with Crippen molar-refractivity contribution < 1.29 is 9.59 Å². The summed E-state index contributed by atoms with van der Waals surface area (Å²) in [7, 11) is 0. The molecule has 1 aliphatic heterocycles. The first-order chi connectivity index (χ1) is 10.0. The van der Waals surface area contributed by atoms with Crippen LogP contribution in [0.2, 0.25) is 0 Å². The standard InChI is InChI=1S/C16H23N3O2/c1-11(13-6-4-3-5-7-13)19-9-8-14(10-18-12(2)20)15(19)16(17)21/h3-7,11,14-15H,8-10H2,1-2H3,(H2,17,21)(H,18,20). The number of hydrogen-bond acceptors (Lipinski definition) is 3. The fraction of sp³-hybridized carbons (Fsp3) is 0.500. The third kappa shape index (κ3) is 3.61. The molecular weight excluding hydrogens is 266 g/mol. The Bertz CT molecular complexity index is 504. The first-order valence-electron chi connectivity index (χ1n) is 7.35. The van der Waals surface area contributed by atoms with E-state index in [4.69, 9.17) is 5.73 Å². The number of carbonyl (C=O) groups excluding carboxylic acids is 2. The minimum Gasteiger partial charge on any atom is -0.368 e. The Labute approximate surface area is 125 Å². The zero-order valence-electron chi connectivity index (χ0n) is 12.6. The minimum absolute atomic E-state index is 0.0761. The van der Waals surface area contributed by atoms with Gasteiger partial charge in [0, 0.05) is 25.4 Å². The largest absolute Gasteiger partial charge is 0.368 e. The van der Waals surface area contributed by atoms with Gasteiger partial charge in [-0.25, -0.2) is 0 Å². The number of rotatable bonds is 5. The highest BCUT2D eigenvalue weighted by Crippen LogP contribution is 2.32. The molecule has 0 bridgehead atoms. The van der Waals surface area contributed by atoms with Gasteiger partial charge in [0.2, 0.25) is 11.8 Å². The number of primary amides is 1. The number of carbonyl (C=O) groups is 2. The molecule has 1 saturated heterocycles. The van der Waals surface area contributed by atoms with Gasteiger partial charge in [0.1, 0.15) is 0 Å². The number of nitrogens with two attached hydrogens (primary N) is 1. The Morgan fingerprint density at radius 3 is 2.62 bits per heavy atom. The molecule has 1 heterocycles. The summed E-state index contributed by atoms with van der Waals surface area (Å²) >= 11 is 0. The van der Waals surface area contributed by atoms with Gasteiger partial charge in [-0.05, 0) is 25.5 Å². The van der Waals surface area contributed by atoms with Crippen molar-refractivity contribution in [1.82, 2.24) is 10.2 Å². The van der Waals surface area contributed by atoms with Gasteiger partial charge in [0.05, 0.1) is 6.04 Å². The summed E-state index contributed by atoms with van der Waals surface area (Å²) in [6.07, 6.45) is 0.866. The average Bonchev–Trinajstić information content (AvgIpc) is 2.89. The molecule has 3 unspecified atom stereocenters. The summed E-state index contributed by atoms with van der Waals surface area (Å²) in [6, 6.07) is 9.89. The molecule has 0 saturated carbocycles. The van der Waals surface area contributed by atoms with Gasteiger partial charge in [-0.2, -0.15) is 0 Å². The monoisotopic (exact) mass is 289 g/mol. The molecule has 3 N–H and O–H groups in total. The van der Waals surface area contributed by atoms with Crippen molar-refractivity contribution in [3.05, 3.63) is 35.9 Å². The Hall–Kier alpha value is -1.88. The summed E-state index contributed by atoms with van der Waals surface area (Å²) in [5.41, 5.74) is 6.78. The van der Waals surface area contributed by atoms with Gasteiger partial charge < -0.3 is 11.1 Å². The second-order valence-corrected chi connectivity index (χ2v) is 5.66. The lowest BCUT2D eigenvalue weighted by Crippen LogP contribution is -2.47. The third-order valence-corrected chi connectivity index (χ3v) is 4.25. The van der Waals surface area contributed by atoms with Crippen molar-refractivity contribution in [3.8, 4) is 0 Å². The molecule has 2 rings (SSSR count). The number of hydrogen-bond donors (Lipinski definition) is 2. The highest BCUT2D eigenvalue weighted by molar-refractivity contribution is 5.81. The van der Waals surface area contributed by atoms with Gasteiger partial charge in [-0.3, -0.25) is 14.5 Å². The van der Waals surface area contributed by atoms with Crippen molar-refractivity contribution in [2.24, 2.45) is 11.7 Å². The van der Waals surface area contributed by atoms with Crippen LogP contribution in [0.25, 0.3) is 0 Å². The zero-order valence-corrected chi connectivity index (χ0v) is 12.6. The maximum absolute atomic E-state index is 11.9. The first kappa shape index (κ1) is 15.5. The lowest BCUT2D eigenvalue weighted by atomic mass is 9.98. The van der Waals surface area contributed by atoms with Gasteiger partial charge >= 0.3 is 0 Å². The molecule has 0 aliphatic carbocycles. The minimum atomic E-state index is -0.327. The second kappa shape index (κ2) is 6.72. The van der Waals surface area contributed by atoms with E-state index >= 15 is 0 Å². The lowest BCUT2D eigenvalue weighted by Gasteiger charge is -2.31. The molecule has 0 radical (unpaired) electrons. The van der Waals surface area contributed by atoms with Gasteiger partial charge in [0.15, 0.2) is 0 Å². The van der Waals surface area contributed by atoms with Crippen molar-refractivity contribution >= 4 is 11.8 Å². The average molecular weight is 289 g/mol. The summed E-state index contributed by atoms with van der Waals surface area (Å²) in [5.74, 6) is -0.309. The molecule has 5 heteroatoms. The fourth-order valence-corrected chi connectivity index (χ4v) is 3.12. The highest BCUT2D eigenvalue weighted by Gasteiger charge is 2.40. The lowest BCUT2D eigenvalue weighted by molar-refractivity contribution is -0.125. The van der Waals surface area contributed by atoms with Gasteiger partial charge in [-0.1, -0.05) is 30.3 Å². The molecule has 2 amide bonds. The van der Waals surface area contributed by atoms with E-state index in [0.717, 1.165) is 13.0 Å². The molecule has 5 nitrogen and oxygen atoms in total. The van der Waals surface area contributed by atoms with Crippen molar-refractivity contribution in [2.45, 2.75) is 32.4 Å². The molecule has 0 spiro atoms. The Balaban J connectivity index is 2.12. The summed E-state index contributed by atoms with van der Waals surface area (Å²) in [4.78, 5) is 25.1. The molecule has 1 aromatic carbocycles. The maximum Gasteiger partial charge on any atom is 0.235 e. The van der Waals surface area contributed by atoms with Crippen LogP contribution in [0.1, 0.15) is 31.9 Å². The van der Waals surface area contributed by atoms with E-state index in [9.17, 15) is 9.59 Å². The maximum atomic E-state index is 11.9.